The molecule has 0 aliphatic heterocycles. The second-order valence-corrected chi connectivity index (χ2v) is 16.4. The van der Waals surface area contributed by atoms with Crippen molar-refractivity contribution >= 4 is 11.9 Å². The molecule has 0 aromatic rings. The molecular weight excluding hydrogens is 671 g/mol. The molecule has 0 bridgehead atoms. The Morgan fingerprint density at radius 2 is 0.870 bits per heavy atom. The lowest BCUT2D eigenvalue weighted by molar-refractivity contribution is -0.143. The first kappa shape index (κ1) is 52.6. The number of hydrogen-bond acceptors (Lipinski definition) is 5. The summed E-state index contributed by atoms with van der Waals surface area (Å²) in [5.74, 6) is -0.0827. The smallest absolute Gasteiger partial charge is 0.305 e. The summed E-state index contributed by atoms with van der Waals surface area (Å²) in [6.07, 6.45) is 48.8. The molecule has 2 unspecified atom stereocenters. The largest absolute Gasteiger partial charge is 0.466 e. The number of esters is 1. The van der Waals surface area contributed by atoms with Crippen molar-refractivity contribution in [2.75, 3.05) is 13.2 Å². The van der Waals surface area contributed by atoms with E-state index in [1.54, 1.807) is 0 Å². The van der Waals surface area contributed by atoms with E-state index in [1.165, 1.54) is 148 Å². The first-order valence-corrected chi connectivity index (χ1v) is 23.9. The van der Waals surface area contributed by atoms with Crippen LogP contribution in [0.25, 0.3) is 0 Å². The molecule has 0 aliphatic carbocycles. The van der Waals surface area contributed by atoms with Gasteiger partial charge in [0.1, 0.15) is 0 Å². The van der Waals surface area contributed by atoms with Gasteiger partial charge in [0.15, 0.2) is 0 Å². The van der Waals surface area contributed by atoms with Crippen LogP contribution in [0.4, 0.5) is 0 Å². The monoisotopic (exact) mass is 764 g/mol. The van der Waals surface area contributed by atoms with Crippen molar-refractivity contribution in [2.24, 2.45) is 0 Å². The van der Waals surface area contributed by atoms with Crippen molar-refractivity contribution in [3.63, 3.8) is 0 Å². The Morgan fingerprint density at radius 1 is 0.500 bits per heavy atom. The topological polar surface area (TPSA) is 95.9 Å². The summed E-state index contributed by atoms with van der Waals surface area (Å²) in [6.45, 7) is 4.88. The zero-order valence-electron chi connectivity index (χ0n) is 36.2. The van der Waals surface area contributed by atoms with Gasteiger partial charge in [-0.1, -0.05) is 199 Å². The summed E-state index contributed by atoms with van der Waals surface area (Å²) in [5, 5.41) is 23.1. The molecule has 0 heterocycles. The van der Waals surface area contributed by atoms with E-state index in [9.17, 15) is 19.8 Å². The molecule has 0 saturated heterocycles. The average Bonchev–Trinajstić information content (AvgIpc) is 3.17. The number of ether oxygens (including phenoxy) is 1. The van der Waals surface area contributed by atoms with Gasteiger partial charge in [-0.3, -0.25) is 9.59 Å². The molecule has 0 fully saturated rings. The zero-order chi connectivity index (χ0) is 39.4. The second-order valence-electron chi connectivity index (χ2n) is 16.4. The van der Waals surface area contributed by atoms with E-state index in [2.05, 4.69) is 31.3 Å². The molecule has 3 N–H and O–H groups in total. The van der Waals surface area contributed by atoms with Crippen molar-refractivity contribution in [1.82, 2.24) is 5.32 Å². The standard InChI is InChI=1S/C48H93NO5/c1-3-5-7-9-11-13-15-17-22-26-30-34-38-42-48(53)54-43-39-35-31-27-23-19-18-21-25-29-33-37-41-47(52)49-45(44-50)46(51)40-36-32-28-24-20-16-14-12-10-8-6-4-2/h19,23,45-46,50-51H,3-18,20-22,24-44H2,1-2H3,(H,49,52)/b23-19-. The van der Waals surface area contributed by atoms with Crippen molar-refractivity contribution in [3.05, 3.63) is 12.2 Å². The molecule has 0 radical (unpaired) electrons. The average molecular weight is 764 g/mol. The van der Waals surface area contributed by atoms with Crippen LogP contribution in [-0.4, -0.2) is 47.4 Å². The van der Waals surface area contributed by atoms with E-state index in [0.717, 1.165) is 77.0 Å². The van der Waals surface area contributed by atoms with Gasteiger partial charge in [0, 0.05) is 12.8 Å². The quantitative estimate of drug-likeness (QED) is 0.0326. The minimum atomic E-state index is -0.677. The second kappa shape index (κ2) is 44.3. The van der Waals surface area contributed by atoms with Gasteiger partial charge in [0.05, 0.1) is 25.4 Å². The Hall–Kier alpha value is -1.40. The SMILES string of the molecule is CCCCCCCCCCCCCCCC(=O)OCCCCC/C=C\CCCCCCCC(=O)NC(CO)C(O)CCCCCCCCCCCCCC. The minimum Gasteiger partial charge on any atom is -0.466 e. The van der Waals surface area contributed by atoms with E-state index >= 15 is 0 Å². The molecule has 0 aliphatic rings. The van der Waals surface area contributed by atoms with E-state index in [0.29, 0.717) is 25.9 Å². The lowest BCUT2D eigenvalue weighted by Gasteiger charge is -2.22. The van der Waals surface area contributed by atoms with Gasteiger partial charge in [0.25, 0.3) is 0 Å². The highest BCUT2D eigenvalue weighted by atomic mass is 16.5. The summed E-state index contributed by atoms with van der Waals surface area (Å²) in [6, 6.07) is -0.557. The van der Waals surface area contributed by atoms with Crippen LogP contribution in [0.3, 0.4) is 0 Å². The lowest BCUT2D eigenvalue weighted by Crippen LogP contribution is -2.45. The van der Waals surface area contributed by atoms with E-state index in [-0.39, 0.29) is 18.5 Å². The van der Waals surface area contributed by atoms with E-state index in [1.807, 2.05) is 0 Å². The van der Waals surface area contributed by atoms with Gasteiger partial charge in [-0.05, 0) is 57.8 Å². The number of carbonyl (C=O) groups excluding carboxylic acids is 2. The summed E-state index contributed by atoms with van der Waals surface area (Å²) in [4.78, 5) is 24.4. The van der Waals surface area contributed by atoms with Crippen molar-refractivity contribution in [3.8, 4) is 0 Å². The number of unbranched alkanes of at least 4 members (excludes halogenated alkanes) is 31. The normalized spacial score (nSPS) is 12.7. The Kier molecular flexibility index (Phi) is 43.2. The van der Waals surface area contributed by atoms with Crippen LogP contribution in [0.2, 0.25) is 0 Å². The first-order valence-electron chi connectivity index (χ1n) is 23.9. The van der Waals surface area contributed by atoms with Crippen LogP contribution in [0.15, 0.2) is 12.2 Å². The van der Waals surface area contributed by atoms with Crippen LogP contribution in [0, 0.1) is 0 Å². The highest BCUT2D eigenvalue weighted by Crippen LogP contribution is 2.16. The van der Waals surface area contributed by atoms with Gasteiger partial charge < -0.3 is 20.3 Å². The fourth-order valence-corrected chi connectivity index (χ4v) is 7.34. The maximum atomic E-state index is 12.4. The molecule has 6 nitrogen and oxygen atoms in total. The number of aliphatic hydroxyl groups excluding tert-OH is 2. The highest BCUT2D eigenvalue weighted by Gasteiger charge is 2.20. The molecular formula is C48H93NO5. The molecule has 0 aromatic heterocycles. The van der Waals surface area contributed by atoms with Crippen molar-refractivity contribution < 1.29 is 24.5 Å². The lowest BCUT2D eigenvalue weighted by atomic mass is 10.0. The van der Waals surface area contributed by atoms with Crippen LogP contribution in [0.1, 0.15) is 258 Å². The number of amides is 1. The van der Waals surface area contributed by atoms with Gasteiger partial charge >= 0.3 is 5.97 Å². The maximum absolute atomic E-state index is 12.4. The summed E-state index contributed by atoms with van der Waals surface area (Å²) in [5.41, 5.74) is 0. The Morgan fingerprint density at radius 3 is 1.31 bits per heavy atom. The van der Waals surface area contributed by atoms with Crippen LogP contribution in [0.5, 0.6) is 0 Å². The molecule has 0 spiro atoms. The Bertz CT molecular complexity index is 802. The van der Waals surface area contributed by atoms with E-state index < -0.39 is 12.1 Å². The number of hydrogen-bond donors (Lipinski definition) is 3. The predicted molar refractivity (Wildman–Crippen MR) is 232 cm³/mol. The van der Waals surface area contributed by atoms with Gasteiger partial charge in [0.2, 0.25) is 5.91 Å². The molecule has 54 heavy (non-hydrogen) atoms. The van der Waals surface area contributed by atoms with Crippen molar-refractivity contribution in [2.45, 2.75) is 270 Å². The molecule has 0 aromatic carbocycles. The summed E-state index contributed by atoms with van der Waals surface area (Å²) < 4.78 is 5.43. The fourth-order valence-electron chi connectivity index (χ4n) is 7.34. The number of aliphatic hydroxyl groups is 2. The van der Waals surface area contributed by atoms with Gasteiger partial charge in [-0.2, -0.15) is 0 Å². The van der Waals surface area contributed by atoms with E-state index in [4.69, 9.17) is 4.74 Å². The fraction of sp³-hybridized carbons (Fsp3) is 0.917. The van der Waals surface area contributed by atoms with Crippen molar-refractivity contribution in [1.29, 1.82) is 0 Å². The third-order valence-corrected chi connectivity index (χ3v) is 11.1. The summed E-state index contributed by atoms with van der Waals surface area (Å²) >= 11 is 0. The molecule has 6 heteroatoms. The zero-order valence-corrected chi connectivity index (χ0v) is 36.2. The highest BCUT2D eigenvalue weighted by molar-refractivity contribution is 5.76. The minimum absolute atomic E-state index is 0.0215. The van der Waals surface area contributed by atoms with Crippen LogP contribution < -0.4 is 5.32 Å². The molecule has 1 amide bonds. The molecule has 2 atom stereocenters. The number of nitrogens with one attached hydrogen (secondary N) is 1. The van der Waals surface area contributed by atoms with Gasteiger partial charge in [-0.25, -0.2) is 0 Å². The Labute approximate surface area is 336 Å². The van der Waals surface area contributed by atoms with Crippen LogP contribution >= 0.6 is 0 Å². The number of allylic oxidation sites excluding steroid dienone is 2. The molecule has 0 saturated carbocycles. The number of carbonyl (C=O) groups is 2. The maximum Gasteiger partial charge on any atom is 0.305 e. The van der Waals surface area contributed by atoms with Gasteiger partial charge in [-0.15, -0.1) is 0 Å². The predicted octanol–water partition coefficient (Wildman–Crippen LogP) is 13.8. The third kappa shape index (κ3) is 40.3. The molecule has 0 rings (SSSR count). The summed E-state index contributed by atoms with van der Waals surface area (Å²) in [7, 11) is 0. The van der Waals surface area contributed by atoms with Crippen LogP contribution in [-0.2, 0) is 14.3 Å². The first-order chi connectivity index (χ1) is 26.5. The third-order valence-electron chi connectivity index (χ3n) is 11.1. The Balaban J connectivity index is 3.50. The molecule has 320 valence electrons. The number of rotatable bonds is 44.